The number of aliphatic hydroxyl groups excluding tert-OH is 1. The molecule has 6 aliphatic rings. The highest BCUT2D eigenvalue weighted by Crippen LogP contribution is 2.78. The summed E-state index contributed by atoms with van der Waals surface area (Å²) in [4.78, 5) is 0. The third-order valence-corrected chi connectivity index (χ3v) is 19.8. The molecule has 63 heavy (non-hydrogen) atoms. The fourth-order valence-electron chi connectivity index (χ4n) is 15.6. The zero-order chi connectivity index (χ0) is 44.3. The molecule has 1 N–H and O–H groups in total. The first-order chi connectivity index (χ1) is 30.1. The number of aliphatic hydroxyl groups is 1. The molecule has 0 amide bonds. The summed E-state index contributed by atoms with van der Waals surface area (Å²) in [6, 6.07) is 30.6. The van der Waals surface area contributed by atoms with Crippen LogP contribution in [0.1, 0.15) is 143 Å². The van der Waals surface area contributed by atoms with Gasteiger partial charge in [-0.15, -0.1) is 0 Å². The molecule has 0 spiro atoms. The van der Waals surface area contributed by atoms with E-state index in [1.807, 2.05) is 54.6 Å². The summed E-state index contributed by atoms with van der Waals surface area (Å²) < 4.78 is 33.9. The van der Waals surface area contributed by atoms with Crippen molar-refractivity contribution >= 4 is 0 Å². The Morgan fingerprint density at radius 1 is 0.571 bits per heavy atom. The molecule has 5 saturated carbocycles. The molecule has 1 aliphatic heterocycles. The van der Waals surface area contributed by atoms with Crippen molar-refractivity contribution in [2.24, 2.45) is 56.2 Å². The van der Waals surface area contributed by atoms with E-state index in [4.69, 9.17) is 23.7 Å². The van der Waals surface area contributed by atoms with Gasteiger partial charge in [0.15, 0.2) is 6.29 Å². The van der Waals surface area contributed by atoms with Crippen LogP contribution in [0.3, 0.4) is 0 Å². The van der Waals surface area contributed by atoms with Gasteiger partial charge in [0.1, 0.15) is 24.4 Å². The summed E-state index contributed by atoms with van der Waals surface area (Å²) in [6.45, 7) is 22.5. The number of rotatable bonds is 12. The number of hydrogen-bond acceptors (Lipinski definition) is 6. The monoisotopic (exact) mass is 861 g/mol. The number of ether oxygens (including phenoxy) is 5. The molecule has 0 unspecified atom stereocenters. The van der Waals surface area contributed by atoms with Crippen LogP contribution in [0.25, 0.3) is 0 Å². The van der Waals surface area contributed by atoms with Gasteiger partial charge in [0.25, 0.3) is 0 Å². The van der Waals surface area contributed by atoms with E-state index in [-0.39, 0.29) is 18.1 Å². The maximum Gasteiger partial charge on any atom is 0.186 e. The molecule has 3 aromatic carbocycles. The van der Waals surface area contributed by atoms with Gasteiger partial charge >= 0.3 is 0 Å². The molecule has 1 heterocycles. The van der Waals surface area contributed by atoms with Gasteiger partial charge in [-0.1, -0.05) is 146 Å². The molecular weight excluding hydrogens is 781 g/mol. The van der Waals surface area contributed by atoms with E-state index < -0.39 is 30.7 Å². The lowest BCUT2D eigenvalue weighted by molar-refractivity contribution is -0.338. The minimum atomic E-state index is -1.05. The zero-order valence-corrected chi connectivity index (χ0v) is 40.0. The Bertz CT molecular complexity index is 1970. The average Bonchev–Trinajstić information content (AvgIpc) is 3.27. The normalized spacial score (nSPS) is 43.2. The molecule has 0 bridgehead atoms. The molecule has 1 saturated heterocycles. The number of hydrogen-bond donors (Lipinski definition) is 1. The van der Waals surface area contributed by atoms with Crippen LogP contribution < -0.4 is 0 Å². The summed E-state index contributed by atoms with van der Waals surface area (Å²) in [5.74, 6) is 2.51. The minimum Gasteiger partial charge on any atom is -0.385 e. The predicted octanol–water partition coefficient (Wildman–Crippen LogP) is 12.7. The molecule has 3 aromatic rings. The largest absolute Gasteiger partial charge is 0.385 e. The van der Waals surface area contributed by atoms with Gasteiger partial charge < -0.3 is 28.8 Å². The fourth-order valence-corrected chi connectivity index (χ4v) is 15.6. The second-order valence-corrected chi connectivity index (χ2v) is 23.7. The molecule has 344 valence electrons. The lowest BCUT2D eigenvalue weighted by Crippen LogP contribution is -2.68. The van der Waals surface area contributed by atoms with Crippen molar-refractivity contribution in [1.82, 2.24) is 0 Å². The smallest absolute Gasteiger partial charge is 0.186 e. The summed E-state index contributed by atoms with van der Waals surface area (Å²) in [5, 5.41) is 12.4. The SMILES string of the molecule is C[C@H]1[C@@H](O[C@H]2O[C@H](COCc3ccccc3)[C@@H](OCc3ccccc3)[C@H](OCc3ccccc3)[C@H]2O)CC[C@@H]2[C@]1(C)CC[C@H]1[C@@]2(C)CC[C@@]2(C)[C@@H]3CC(C)(C)CC[C@]3(C)CC[C@]12C. The molecule has 6 nitrogen and oxygen atoms in total. The van der Waals surface area contributed by atoms with Crippen LogP contribution in [0.2, 0.25) is 0 Å². The molecule has 9 rings (SSSR count). The van der Waals surface area contributed by atoms with Crippen LogP contribution in [-0.2, 0) is 43.5 Å². The average molecular weight is 861 g/mol. The van der Waals surface area contributed by atoms with Crippen LogP contribution in [0, 0.1) is 56.2 Å². The highest BCUT2D eigenvalue weighted by molar-refractivity contribution is 5.21. The summed E-state index contributed by atoms with van der Waals surface area (Å²) in [6.07, 6.45) is 10.6. The fraction of sp³-hybridized carbons (Fsp3) is 0.684. The Balaban J connectivity index is 0.948. The lowest BCUT2D eigenvalue weighted by atomic mass is 9.30. The lowest BCUT2D eigenvalue weighted by Gasteiger charge is -2.75. The van der Waals surface area contributed by atoms with Gasteiger partial charge in [-0.2, -0.15) is 0 Å². The van der Waals surface area contributed by atoms with Crippen molar-refractivity contribution < 1.29 is 28.8 Å². The third-order valence-electron chi connectivity index (χ3n) is 19.8. The molecule has 0 aromatic heterocycles. The van der Waals surface area contributed by atoms with Crippen molar-refractivity contribution in [2.75, 3.05) is 6.61 Å². The Morgan fingerprint density at radius 2 is 1.13 bits per heavy atom. The maximum atomic E-state index is 12.4. The van der Waals surface area contributed by atoms with Gasteiger partial charge in [-0.05, 0) is 143 Å². The van der Waals surface area contributed by atoms with Crippen molar-refractivity contribution in [3.05, 3.63) is 108 Å². The van der Waals surface area contributed by atoms with Gasteiger partial charge in [0, 0.05) is 0 Å². The predicted molar refractivity (Wildman–Crippen MR) is 250 cm³/mol. The van der Waals surface area contributed by atoms with Gasteiger partial charge in [-0.25, -0.2) is 0 Å². The van der Waals surface area contributed by atoms with E-state index in [1.54, 1.807) is 0 Å². The quantitative estimate of drug-likeness (QED) is 0.183. The van der Waals surface area contributed by atoms with Gasteiger partial charge in [-0.3, -0.25) is 0 Å². The van der Waals surface area contributed by atoms with Crippen molar-refractivity contribution in [3.8, 4) is 0 Å². The first kappa shape index (κ1) is 45.6. The van der Waals surface area contributed by atoms with Crippen LogP contribution in [0.5, 0.6) is 0 Å². The molecule has 15 atom stereocenters. The maximum absolute atomic E-state index is 12.4. The number of fused-ring (bicyclic) bond motifs is 7. The van der Waals surface area contributed by atoms with E-state index in [0.717, 1.165) is 41.4 Å². The molecule has 0 radical (unpaired) electrons. The second-order valence-electron chi connectivity index (χ2n) is 23.7. The first-order valence-corrected chi connectivity index (χ1v) is 25.0. The van der Waals surface area contributed by atoms with Gasteiger partial charge in [0.2, 0.25) is 0 Å². The zero-order valence-electron chi connectivity index (χ0n) is 40.0. The summed E-state index contributed by atoms with van der Waals surface area (Å²) in [5.41, 5.74) is 5.31. The Kier molecular flexibility index (Phi) is 12.7. The van der Waals surface area contributed by atoms with Crippen LogP contribution in [-0.4, -0.2) is 48.5 Å². The molecule has 5 aliphatic carbocycles. The van der Waals surface area contributed by atoms with E-state index in [1.165, 1.54) is 57.8 Å². The van der Waals surface area contributed by atoms with E-state index in [2.05, 4.69) is 91.8 Å². The first-order valence-electron chi connectivity index (χ1n) is 25.0. The molecule has 6 fully saturated rings. The minimum absolute atomic E-state index is 0.0437. The molecular formula is C57H80O6. The Hall–Kier alpha value is -2.58. The van der Waals surface area contributed by atoms with Crippen LogP contribution in [0.15, 0.2) is 91.0 Å². The molecule has 6 heteroatoms. The summed E-state index contributed by atoms with van der Waals surface area (Å²) in [7, 11) is 0. The topological polar surface area (TPSA) is 66.4 Å². The Labute approximate surface area is 380 Å². The van der Waals surface area contributed by atoms with Crippen LogP contribution >= 0.6 is 0 Å². The van der Waals surface area contributed by atoms with Crippen molar-refractivity contribution in [3.63, 3.8) is 0 Å². The number of benzene rings is 3. The van der Waals surface area contributed by atoms with E-state index in [0.29, 0.717) is 58.7 Å². The highest BCUT2D eigenvalue weighted by Gasteiger charge is 2.71. The third kappa shape index (κ3) is 8.32. The van der Waals surface area contributed by atoms with E-state index in [9.17, 15) is 5.11 Å². The van der Waals surface area contributed by atoms with Crippen molar-refractivity contribution in [1.29, 1.82) is 0 Å². The highest BCUT2D eigenvalue weighted by atomic mass is 16.7. The van der Waals surface area contributed by atoms with Crippen LogP contribution in [0.4, 0.5) is 0 Å². The summed E-state index contributed by atoms with van der Waals surface area (Å²) >= 11 is 0. The second kappa shape index (κ2) is 17.6. The standard InChI is InChI=1S/C57H80O6/c1-39-43(24-25-45-54(39,5)27-26-46-55(45,6)31-33-57(8)47-34-52(2,3)28-29-53(47,4)30-32-56(46,57)7)62-51-48(58)50(61-37-42-22-16-11-17-23-42)49(60-36-41-20-14-10-15-21-41)44(63-51)38-59-35-40-18-12-9-13-19-40/h9-23,39,43-51,58H,24-38H2,1-8H3/t39-,43-,44+,45+,46-,47+,48+,49+,50+,51-,53+,54+,55-,56+,57-/m0/s1. The van der Waals surface area contributed by atoms with E-state index >= 15 is 0 Å². The Morgan fingerprint density at radius 3 is 1.76 bits per heavy atom. The van der Waals surface area contributed by atoms with Gasteiger partial charge in [0.05, 0.1) is 32.5 Å². The van der Waals surface area contributed by atoms with Crippen molar-refractivity contribution in [2.45, 2.75) is 183 Å².